The summed E-state index contributed by atoms with van der Waals surface area (Å²) in [7, 11) is 0. The van der Waals surface area contributed by atoms with Crippen molar-refractivity contribution < 1.29 is 23.5 Å². The van der Waals surface area contributed by atoms with Gasteiger partial charge >= 0.3 is 5.97 Å². The number of ether oxygens (including phenoxy) is 1. The van der Waals surface area contributed by atoms with Gasteiger partial charge in [0.05, 0.1) is 18.4 Å². The van der Waals surface area contributed by atoms with Gasteiger partial charge in [-0.3, -0.25) is 9.59 Å². The Morgan fingerprint density at radius 2 is 1.53 bits per heavy atom. The molecule has 0 radical (unpaired) electrons. The molecule has 8 heteroatoms. The number of rotatable bonds is 11. The van der Waals surface area contributed by atoms with Gasteiger partial charge in [0.25, 0.3) is 5.91 Å². The van der Waals surface area contributed by atoms with Crippen LogP contribution in [0.4, 0.5) is 11.4 Å². The Bertz CT molecular complexity index is 1340. The van der Waals surface area contributed by atoms with Gasteiger partial charge < -0.3 is 19.8 Å². The number of amides is 2. The molecule has 0 aliphatic heterocycles. The predicted molar refractivity (Wildman–Crippen MR) is 148 cm³/mol. The maximum absolute atomic E-state index is 13.4. The smallest absolute Gasteiger partial charge is 0.338 e. The number of thioether (sulfide) groups is 1. The molecule has 2 amide bonds. The summed E-state index contributed by atoms with van der Waals surface area (Å²) in [6.45, 7) is 2.42. The molecule has 4 aromatic rings. The Labute approximate surface area is 225 Å². The van der Waals surface area contributed by atoms with Crippen molar-refractivity contribution in [2.45, 2.75) is 29.9 Å². The molecule has 2 N–H and O–H groups in total. The van der Waals surface area contributed by atoms with Crippen LogP contribution < -0.4 is 10.6 Å². The van der Waals surface area contributed by atoms with Crippen molar-refractivity contribution in [2.75, 3.05) is 17.2 Å². The largest absolute Gasteiger partial charge is 0.462 e. The number of carbonyl (C=O) groups is 3. The van der Waals surface area contributed by atoms with Crippen LogP contribution in [0.5, 0.6) is 0 Å². The number of anilines is 2. The lowest BCUT2D eigenvalue weighted by atomic mass is 10.1. The second kappa shape index (κ2) is 13.3. The third-order valence-corrected chi connectivity index (χ3v) is 6.84. The van der Waals surface area contributed by atoms with Gasteiger partial charge in [0.15, 0.2) is 5.76 Å². The van der Waals surface area contributed by atoms with E-state index >= 15 is 0 Å². The highest BCUT2D eigenvalue weighted by atomic mass is 32.2. The maximum Gasteiger partial charge on any atom is 0.338 e. The minimum atomic E-state index is -0.529. The van der Waals surface area contributed by atoms with Crippen LogP contribution in [-0.2, 0) is 9.53 Å². The zero-order valence-electron chi connectivity index (χ0n) is 20.9. The molecular weight excluding hydrogens is 500 g/mol. The minimum Gasteiger partial charge on any atom is -0.462 e. The molecule has 0 bridgehead atoms. The van der Waals surface area contributed by atoms with E-state index in [0.717, 1.165) is 23.3 Å². The van der Waals surface area contributed by atoms with Crippen molar-refractivity contribution >= 4 is 40.9 Å². The SMILES string of the molecule is CCCCOC(=O)c1ccc(NC(=O)C(Sc2ccc(NC(=O)c3ccco3)cc2)c2ccccc2)cc1. The molecule has 1 atom stereocenters. The van der Waals surface area contributed by atoms with Crippen molar-refractivity contribution in [3.05, 3.63) is 114 Å². The van der Waals surface area contributed by atoms with Crippen LogP contribution in [0.1, 0.15) is 51.5 Å². The fourth-order valence-corrected chi connectivity index (χ4v) is 4.57. The summed E-state index contributed by atoms with van der Waals surface area (Å²) in [5.74, 6) is -0.685. The predicted octanol–water partition coefficient (Wildman–Crippen LogP) is 6.96. The van der Waals surface area contributed by atoms with Crippen molar-refractivity contribution in [2.24, 2.45) is 0 Å². The van der Waals surface area contributed by atoms with Gasteiger partial charge in [-0.25, -0.2) is 4.79 Å². The average Bonchev–Trinajstić information content (AvgIpc) is 3.49. The molecule has 0 fully saturated rings. The molecule has 4 rings (SSSR count). The lowest BCUT2D eigenvalue weighted by molar-refractivity contribution is -0.115. The molecule has 38 heavy (non-hydrogen) atoms. The van der Waals surface area contributed by atoms with E-state index in [-0.39, 0.29) is 23.5 Å². The second-order valence-corrected chi connectivity index (χ2v) is 9.60. The maximum atomic E-state index is 13.4. The van der Waals surface area contributed by atoms with Crippen molar-refractivity contribution in [1.29, 1.82) is 0 Å². The molecular formula is C30H28N2O5S. The van der Waals surface area contributed by atoms with Crippen LogP contribution in [0, 0.1) is 0 Å². The van der Waals surface area contributed by atoms with Crippen molar-refractivity contribution in [3.63, 3.8) is 0 Å². The van der Waals surface area contributed by atoms with Gasteiger partial charge in [0.1, 0.15) is 5.25 Å². The standard InChI is InChI=1S/C30H28N2O5S/c1-2-3-19-37-30(35)22-11-13-23(14-12-22)32-29(34)27(21-8-5-4-6-9-21)38-25-17-15-24(16-18-25)31-28(33)26-10-7-20-36-26/h4-18,20,27H,2-3,19H2,1H3,(H,31,33)(H,32,34). The summed E-state index contributed by atoms with van der Waals surface area (Å²) in [5, 5.41) is 5.21. The zero-order chi connectivity index (χ0) is 26.7. The summed E-state index contributed by atoms with van der Waals surface area (Å²) in [6, 6.07) is 26.7. The number of benzene rings is 3. The first-order valence-corrected chi connectivity index (χ1v) is 13.2. The van der Waals surface area contributed by atoms with Crippen LogP contribution in [0.25, 0.3) is 0 Å². The van der Waals surface area contributed by atoms with Gasteiger partial charge in [0.2, 0.25) is 5.91 Å². The molecule has 0 saturated heterocycles. The number of carbonyl (C=O) groups excluding carboxylic acids is 3. The molecule has 0 saturated carbocycles. The van der Waals surface area contributed by atoms with Crippen LogP contribution in [0.2, 0.25) is 0 Å². The minimum absolute atomic E-state index is 0.199. The summed E-state index contributed by atoms with van der Waals surface area (Å²) in [4.78, 5) is 38.6. The Kier molecular flexibility index (Phi) is 9.37. The van der Waals surface area contributed by atoms with Crippen molar-refractivity contribution in [3.8, 4) is 0 Å². The quantitative estimate of drug-likeness (QED) is 0.124. The monoisotopic (exact) mass is 528 g/mol. The van der Waals surface area contributed by atoms with Gasteiger partial charge in [0, 0.05) is 16.3 Å². The first-order valence-electron chi connectivity index (χ1n) is 12.3. The molecule has 1 heterocycles. The number of furan rings is 1. The highest BCUT2D eigenvalue weighted by molar-refractivity contribution is 8.00. The molecule has 1 unspecified atom stereocenters. The van der Waals surface area contributed by atoms with Crippen LogP contribution in [-0.4, -0.2) is 24.4 Å². The highest BCUT2D eigenvalue weighted by Crippen LogP contribution is 2.36. The number of hydrogen-bond donors (Lipinski definition) is 2. The molecule has 0 aliphatic carbocycles. The summed E-state index contributed by atoms with van der Waals surface area (Å²) in [6.07, 6.45) is 3.21. The fraction of sp³-hybridized carbons (Fsp3) is 0.167. The topological polar surface area (TPSA) is 97.6 Å². The van der Waals surface area contributed by atoms with E-state index in [2.05, 4.69) is 10.6 Å². The van der Waals surface area contributed by atoms with Crippen LogP contribution in [0.15, 0.2) is 107 Å². The third-order valence-electron chi connectivity index (χ3n) is 5.57. The first kappa shape index (κ1) is 26.8. The number of unbranched alkanes of at least 4 members (excludes halogenated alkanes) is 1. The van der Waals surface area contributed by atoms with E-state index < -0.39 is 5.25 Å². The van der Waals surface area contributed by atoms with Gasteiger partial charge in [-0.15, -0.1) is 11.8 Å². The Hall–Kier alpha value is -4.30. The number of nitrogens with one attached hydrogen (secondary N) is 2. The van der Waals surface area contributed by atoms with Gasteiger partial charge in [-0.05, 0) is 72.6 Å². The van der Waals surface area contributed by atoms with E-state index in [1.807, 2.05) is 49.4 Å². The Morgan fingerprint density at radius 1 is 0.842 bits per heavy atom. The van der Waals surface area contributed by atoms with Crippen molar-refractivity contribution in [1.82, 2.24) is 0 Å². The van der Waals surface area contributed by atoms with Crippen LogP contribution >= 0.6 is 11.8 Å². The highest BCUT2D eigenvalue weighted by Gasteiger charge is 2.22. The third kappa shape index (κ3) is 7.36. The lowest BCUT2D eigenvalue weighted by Crippen LogP contribution is -2.19. The van der Waals surface area contributed by atoms with Gasteiger partial charge in [-0.1, -0.05) is 43.7 Å². The molecule has 1 aromatic heterocycles. The van der Waals surface area contributed by atoms with Gasteiger partial charge in [-0.2, -0.15) is 0 Å². The fourth-order valence-electron chi connectivity index (χ4n) is 3.54. The summed E-state index contributed by atoms with van der Waals surface area (Å²) >= 11 is 1.40. The Morgan fingerprint density at radius 3 is 2.18 bits per heavy atom. The first-order chi connectivity index (χ1) is 18.5. The van der Waals surface area contributed by atoms with E-state index in [0.29, 0.717) is 23.5 Å². The van der Waals surface area contributed by atoms with E-state index in [1.165, 1.54) is 18.0 Å². The molecule has 0 spiro atoms. The molecule has 0 aliphatic rings. The Balaban J connectivity index is 1.43. The molecule has 7 nitrogen and oxygen atoms in total. The van der Waals surface area contributed by atoms with E-state index in [4.69, 9.17) is 9.15 Å². The average molecular weight is 529 g/mol. The zero-order valence-corrected chi connectivity index (χ0v) is 21.7. The number of esters is 1. The normalized spacial score (nSPS) is 11.4. The van der Waals surface area contributed by atoms with E-state index in [9.17, 15) is 14.4 Å². The molecule has 194 valence electrons. The summed E-state index contributed by atoms with van der Waals surface area (Å²) in [5.41, 5.74) is 2.48. The summed E-state index contributed by atoms with van der Waals surface area (Å²) < 4.78 is 10.4. The van der Waals surface area contributed by atoms with E-state index in [1.54, 1.807) is 48.5 Å². The lowest BCUT2D eigenvalue weighted by Gasteiger charge is -2.17. The number of hydrogen-bond acceptors (Lipinski definition) is 6. The van der Waals surface area contributed by atoms with Crippen LogP contribution in [0.3, 0.4) is 0 Å². The second-order valence-electron chi connectivity index (χ2n) is 8.42. The molecule has 3 aromatic carbocycles.